The van der Waals surface area contributed by atoms with Crippen LogP contribution >= 0.6 is 0 Å². The molecule has 0 unspecified atom stereocenters. The van der Waals surface area contributed by atoms with E-state index in [0.717, 1.165) is 58.3 Å². The van der Waals surface area contributed by atoms with Gasteiger partial charge in [0.15, 0.2) is 0 Å². The van der Waals surface area contributed by atoms with Crippen molar-refractivity contribution >= 4 is 28.5 Å². The molecule has 0 radical (unpaired) electrons. The molecule has 1 heterocycles. The van der Waals surface area contributed by atoms with Gasteiger partial charge in [-0.1, -0.05) is 37.3 Å². The highest BCUT2D eigenvalue weighted by Gasteiger charge is 2.27. The summed E-state index contributed by atoms with van der Waals surface area (Å²) in [7, 11) is 1.66. The lowest BCUT2D eigenvalue weighted by Crippen LogP contribution is -2.11. The smallest absolute Gasteiger partial charge is 0.339 e. The molecule has 1 aliphatic carbocycles. The lowest BCUT2D eigenvalue weighted by Gasteiger charge is -2.12. The summed E-state index contributed by atoms with van der Waals surface area (Å²) in [5.74, 6) is 0.585. The van der Waals surface area contributed by atoms with Crippen molar-refractivity contribution in [3.05, 3.63) is 70.9 Å². The fraction of sp³-hybridized carbons (Fsp3) is 0.250. The zero-order valence-electron chi connectivity index (χ0n) is 16.2. The van der Waals surface area contributed by atoms with Gasteiger partial charge < -0.3 is 9.47 Å². The molecule has 0 N–H and O–H groups in total. The number of fused-ring (bicyclic) bond motifs is 2. The quantitative estimate of drug-likeness (QED) is 0.570. The maximum Gasteiger partial charge on any atom is 0.339 e. The number of carbonyl (C=O) groups is 1. The average Bonchev–Trinajstić information content (AvgIpc) is 3.12. The van der Waals surface area contributed by atoms with Crippen molar-refractivity contribution in [3.8, 4) is 5.75 Å². The normalized spacial score (nSPS) is 14.3. The minimum Gasteiger partial charge on any atom is -0.497 e. The Labute approximate surface area is 164 Å². The van der Waals surface area contributed by atoms with E-state index in [1.807, 2.05) is 55.5 Å². The molecule has 0 saturated carbocycles. The van der Waals surface area contributed by atoms with Crippen LogP contribution in [0.3, 0.4) is 0 Å². The molecule has 142 valence electrons. The summed E-state index contributed by atoms with van der Waals surface area (Å²) in [6.45, 7) is 2.43. The minimum absolute atomic E-state index is 0.248. The molecule has 1 aromatic heterocycles. The van der Waals surface area contributed by atoms with Gasteiger partial charge in [0.1, 0.15) is 5.75 Å². The number of benzene rings is 2. The fourth-order valence-electron chi connectivity index (χ4n) is 3.68. The highest BCUT2D eigenvalue weighted by atomic mass is 16.5. The van der Waals surface area contributed by atoms with Crippen LogP contribution in [0.15, 0.2) is 48.5 Å². The molecule has 0 bridgehead atoms. The van der Waals surface area contributed by atoms with Crippen LogP contribution in [-0.4, -0.2) is 24.7 Å². The number of esters is 1. The minimum atomic E-state index is -0.248. The molecule has 3 aromatic rings. The Morgan fingerprint density at radius 2 is 1.89 bits per heavy atom. The second kappa shape index (κ2) is 7.85. The van der Waals surface area contributed by atoms with Gasteiger partial charge in [-0.3, -0.25) is 0 Å². The molecule has 4 rings (SSSR count). The number of pyridine rings is 1. The summed E-state index contributed by atoms with van der Waals surface area (Å²) < 4.78 is 10.7. The number of methoxy groups -OCH3 is 1. The zero-order chi connectivity index (χ0) is 19.5. The number of hydrogen-bond acceptors (Lipinski definition) is 4. The highest BCUT2D eigenvalue weighted by molar-refractivity contribution is 6.07. The zero-order valence-corrected chi connectivity index (χ0v) is 16.2. The Balaban J connectivity index is 1.81. The molecule has 0 fully saturated rings. The van der Waals surface area contributed by atoms with Crippen molar-refractivity contribution in [1.82, 2.24) is 4.98 Å². The number of nitrogens with zero attached hydrogens (tertiary/aromatic N) is 1. The number of ether oxygens (including phenoxy) is 2. The first-order valence-corrected chi connectivity index (χ1v) is 9.65. The van der Waals surface area contributed by atoms with Gasteiger partial charge in [-0.25, -0.2) is 9.78 Å². The summed E-state index contributed by atoms with van der Waals surface area (Å²) in [5.41, 5.74) is 5.65. The first-order chi connectivity index (χ1) is 13.7. The van der Waals surface area contributed by atoms with Gasteiger partial charge in [-0.2, -0.15) is 0 Å². The van der Waals surface area contributed by atoms with Gasteiger partial charge in [0, 0.05) is 5.39 Å². The first kappa shape index (κ1) is 18.2. The summed E-state index contributed by atoms with van der Waals surface area (Å²) >= 11 is 0. The Kier molecular flexibility index (Phi) is 5.11. The molecule has 28 heavy (non-hydrogen) atoms. The van der Waals surface area contributed by atoms with Gasteiger partial charge in [-0.05, 0) is 60.2 Å². The average molecular weight is 373 g/mol. The van der Waals surface area contributed by atoms with E-state index < -0.39 is 0 Å². The number of allylic oxidation sites excluding steroid dienone is 1. The summed E-state index contributed by atoms with van der Waals surface area (Å²) in [5, 5.41) is 0.869. The van der Waals surface area contributed by atoms with Crippen LogP contribution in [0.4, 0.5) is 0 Å². The van der Waals surface area contributed by atoms with Crippen molar-refractivity contribution in [2.45, 2.75) is 26.2 Å². The van der Waals surface area contributed by atoms with Crippen molar-refractivity contribution in [3.63, 3.8) is 0 Å². The van der Waals surface area contributed by atoms with Crippen molar-refractivity contribution in [2.24, 2.45) is 0 Å². The molecular weight excluding hydrogens is 350 g/mol. The van der Waals surface area contributed by atoms with E-state index in [-0.39, 0.29) is 5.97 Å². The molecule has 2 aromatic carbocycles. The van der Waals surface area contributed by atoms with E-state index >= 15 is 0 Å². The third-order valence-electron chi connectivity index (χ3n) is 5.04. The van der Waals surface area contributed by atoms with Gasteiger partial charge in [0.25, 0.3) is 0 Å². The monoisotopic (exact) mass is 373 g/mol. The van der Waals surface area contributed by atoms with E-state index in [1.54, 1.807) is 7.11 Å². The largest absolute Gasteiger partial charge is 0.497 e. The standard InChI is InChI=1S/C24H23NO3/c1-3-14-28-24(26)22-19-6-4-5-7-21(19)25-23-17(10-13-20(22)23)15-16-8-11-18(27-2)12-9-16/h4-9,11-12,15H,3,10,13-14H2,1-2H3. The van der Waals surface area contributed by atoms with Crippen LogP contribution in [0.5, 0.6) is 5.75 Å². The summed E-state index contributed by atoms with van der Waals surface area (Å²) in [6, 6.07) is 15.8. The third-order valence-corrected chi connectivity index (χ3v) is 5.04. The Hall–Kier alpha value is -3.14. The van der Waals surface area contributed by atoms with Crippen LogP contribution < -0.4 is 4.74 Å². The van der Waals surface area contributed by atoms with Gasteiger partial charge in [0.05, 0.1) is 30.5 Å². The third kappa shape index (κ3) is 3.38. The number of aromatic nitrogens is 1. The molecule has 4 nitrogen and oxygen atoms in total. The number of hydrogen-bond donors (Lipinski definition) is 0. The van der Waals surface area contributed by atoms with E-state index in [0.29, 0.717) is 12.2 Å². The van der Waals surface area contributed by atoms with Gasteiger partial charge >= 0.3 is 5.97 Å². The maximum atomic E-state index is 12.8. The van der Waals surface area contributed by atoms with Crippen LogP contribution in [0.25, 0.3) is 22.6 Å². The van der Waals surface area contributed by atoms with Crippen molar-refractivity contribution in [2.75, 3.05) is 13.7 Å². The predicted octanol–water partition coefficient (Wildman–Crippen LogP) is 5.30. The highest BCUT2D eigenvalue weighted by Crippen LogP contribution is 2.37. The summed E-state index contributed by atoms with van der Waals surface area (Å²) in [6.07, 6.45) is 4.61. The Bertz CT molecular complexity index is 1050. The molecule has 1 aliphatic rings. The molecule has 0 atom stereocenters. The Morgan fingerprint density at radius 3 is 2.64 bits per heavy atom. The van der Waals surface area contributed by atoms with E-state index in [9.17, 15) is 4.79 Å². The van der Waals surface area contributed by atoms with Gasteiger partial charge in [-0.15, -0.1) is 0 Å². The molecular formula is C24H23NO3. The molecule has 0 amide bonds. The lowest BCUT2D eigenvalue weighted by atomic mass is 10.0. The van der Waals surface area contributed by atoms with E-state index in [2.05, 4.69) is 6.08 Å². The number of rotatable bonds is 5. The molecule has 0 spiro atoms. The second-order valence-corrected chi connectivity index (χ2v) is 6.91. The second-order valence-electron chi connectivity index (χ2n) is 6.91. The summed E-state index contributed by atoms with van der Waals surface area (Å²) in [4.78, 5) is 17.7. The van der Waals surface area contributed by atoms with Crippen LogP contribution in [0, 0.1) is 0 Å². The van der Waals surface area contributed by atoms with E-state index in [4.69, 9.17) is 14.5 Å². The number of carbonyl (C=O) groups excluding carboxylic acids is 1. The van der Waals surface area contributed by atoms with E-state index in [1.165, 1.54) is 0 Å². The van der Waals surface area contributed by atoms with Gasteiger partial charge in [0.2, 0.25) is 0 Å². The topological polar surface area (TPSA) is 48.4 Å². The first-order valence-electron chi connectivity index (χ1n) is 9.65. The SMILES string of the molecule is CCCOC(=O)c1c2c(nc3ccccc13)C(=Cc1ccc(OC)cc1)CC2. The predicted molar refractivity (Wildman–Crippen MR) is 112 cm³/mol. The van der Waals surface area contributed by atoms with Crippen molar-refractivity contribution < 1.29 is 14.3 Å². The Morgan fingerprint density at radius 1 is 1.11 bits per heavy atom. The van der Waals surface area contributed by atoms with Crippen LogP contribution in [0.2, 0.25) is 0 Å². The van der Waals surface area contributed by atoms with Crippen LogP contribution in [0.1, 0.15) is 46.9 Å². The van der Waals surface area contributed by atoms with Crippen LogP contribution in [-0.2, 0) is 11.2 Å². The maximum absolute atomic E-state index is 12.8. The number of para-hydroxylation sites is 1. The molecule has 4 heteroatoms. The van der Waals surface area contributed by atoms with Crippen molar-refractivity contribution in [1.29, 1.82) is 0 Å². The molecule has 0 aliphatic heterocycles. The molecule has 0 saturated heterocycles. The fourth-order valence-corrected chi connectivity index (χ4v) is 3.68. The lowest BCUT2D eigenvalue weighted by molar-refractivity contribution is 0.0506.